The molecule has 2 rings (SSSR count). The first-order valence-corrected chi connectivity index (χ1v) is 8.47. The van der Waals surface area contributed by atoms with Gasteiger partial charge in [-0.1, -0.05) is 13.8 Å². The lowest BCUT2D eigenvalue weighted by atomic mass is 10.2. The van der Waals surface area contributed by atoms with E-state index in [0.717, 1.165) is 44.1 Å². The number of furan rings is 1. The number of amides is 1. The van der Waals surface area contributed by atoms with Crippen LogP contribution in [0.2, 0.25) is 0 Å². The second kappa shape index (κ2) is 11.3. The molecule has 3 N–H and O–H groups in total. The Bertz CT molecular complexity index is 499. The van der Waals surface area contributed by atoms with Crippen molar-refractivity contribution in [3.05, 3.63) is 24.2 Å². The van der Waals surface area contributed by atoms with Crippen LogP contribution in [0.15, 0.2) is 27.8 Å². The van der Waals surface area contributed by atoms with Crippen LogP contribution in [-0.2, 0) is 11.2 Å². The standard InChI is InChI=1S/C17H28N4O2.HI/c1-13(2)12-21-17(19-8-7-15-4-3-11-23-15)20-10-9-18-16(22)14-5-6-14;/h3-4,11,13-14H,5-10,12H2,1-2H3,(H,18,22)(H2,19,20,21);1H. The summed E-state index contributed by atoms with van der Waals surface area (Å²) in [5, 5.41) is 9.51. The predicted octanol–water partition coefficient (Wildman–Crippen LogP) is 2.16. The first-order chi connectivity index (χ1) is 11.1. The number of aliphatic imine (C=N–C) groups is 1. The van der Waals surface area contributed by atoms with Crippen LogP contribution in [0.5, 0.6) is 0 Å². The van der Waals surface area contributed by atoms with Crippen molar-refractivity contribution in [2.45, 2.75) is 33.1 Å². The van der Waals surface area contributed by atoms with Crippen LogP contribution in [0.4, 0.5) is 0 Å². The van der Waals surface area contributed by atoms with Gasteiger partial charge in [-0.05, 0) is 30.9 Å². The molecule has 0 radical (unpaired) electrons. The molecule has 1 aromatic rings. The second-order valence-electron chi connectivity index (χ2n) is 6.33. The van der Waals surface area contributed by atoms with Crippen molar-refractivity contribution in [2.75, 3.05) is 26.2 Å². The minimum Gasteiger partial charge on any atom is -0.469 e. The number of hydrogen-bond acceptors (Lipinski definition) is 3. The van der Waals surface area contributed by atoms with Gasteiger partial charge >= 0.3 is 0 Å². The van der Waals surface area contributed by atoms with E-state index in [1.165, 1.54) is 0 Å². The molecule has 0 bridgehead atoms. The molecule has 0 atom stereocenters. The Hall–Kier alpha value is -1.25. The minimum absolute atomic E-state index is 0. The SMILES string of the molecule is CC(C)CN=C(NCCNC(=O)C1CC1)NCCc1ccco1.I. The molecule has 0 saturated heterocycles. The maximum Gasteiger partial charge on any atom is 0.223 e. The van der Waals surface area contributed by atoms with Gasteiger partial charge in [-0.2, -0.15) is 0 Å². The molecular formula is C17H29IN4O2. The number of carbonyl (C=O) groups excluding carboxylic acids is 1. The van der Waals surface area contributed by atoms with Gasteiger partial charge in [0, 0.05) is 38.5 Å². The van der Waals surface area contributed by atoms with Crippen LogP contribution in [0, 0.1) is 11.8 Å². The normalized spacial score (nSPS) is 14.2. The van der Waals surface area contributed by atoms with Crippen molar-refractivity contribution in [3.63, 3.8) is 0 Å². The zero-order valence-electron chi connectivity index (χ0n) is 14.5. The summed E-state index contributed by atoms with van der Waals surface area (Å²) in [6.07, 6.45) is 4.57. The summed E-state index contributed by atoms with van der Waals surface area (Å²) in [5.74, 6) is 2.69. The van der Waals surface area contributed by atoms with Crippen molar-refractivity contribution in [2.24, 2.45) is 16.8 Å². The van der Waals surface area contributed by atoms with Crippen LogP contribution in [0.1, 0.15) is 32.4 Å². The summed E-state index contributed by atoms with van der Waals surface area (Å²) in [4.78, 5) is 16.1. The number of nitrogens with zero attached hydrogens (tertiary/aromatic N) is 1. The van der Waals surface area contributed by atoms with E-state index in [2.05, 4.69) is 34.8 Å². The van der Waals surface area contributed by atoms with E-state index in [9.17, 15) is 4.79 Å². The van der Waals surface area contributed by atoms with Gasteiger partial charge in [0.05, 0.1) is 6.26 Å². The molecule has 1 heterocycles. The number of guanidine groups is 1. The van der Waals surface area contributed by atoms with E-state index in [4.69, 9.17) is 4.42 Å². The fraction of sp³-hybridized carbons (Fsp3) is 0.647. The van der Waals surface area contributed by atoms with Gasteiger partial charge in [0.15, 0.2) is 5.96 Å². The summed E-state index contributed by atoms with van der Waals surface area (Å²) in [6.45, 7) is 7.09. The molecule has 0 aliphatic heterocycles. The highest BCUT2D eigenvalue weighted by atomic mass is 127. The number of nitrogens with one attached hydrogen (secondary N) is 3. The van der Waals surface area contributed by atoms with Gasteiger partial charge < -0.3 is 20.4 Å². The van der Waals surface area contributed by atoms with E-state index in [1.54, 1.807) is 6.26 Å². The first-order valence-electron chi connectivity index (χ1n) is 8.47. The Morgan fingerprint density at radius 3 is 2.58 bits per heavy atom. The van der Waals surface area contributed by atoms with Gasteiger partial charge in [-0.25, -0.2) is 0 Å². The van der Waals surface area contributed by atoms with Gasteiger partial charge in [-0.15, -0.1) is 24.0 Å². The average molecular weight is 448 g/mol. The molecule has 136 valence electrons. The first kappa shape index (κ1) is 20.8. The maximum absolute atomic E-state index is 11.6. The van der Waals surface area contributed by atoms with E-state index in [1.807, 2.05) is 12.1 Å². The quantitative estimate of drug-likeness (QED) is 0.234. The molecule has 1 aliphatic rings. The van der Waals surface area contributed by atoms with Crippen molar-refractivity contribution in [1.29, 1.82) is 0 Å². The summed E-state index contributed by atoms with van der Waals surface area (Å²) in [6, 6.07) is 3.86. The van der Waals surface area contributed by atoms with Crippen LogP contribution in [-0.4, -0.2) is 38.0 Å². The van der Waals surface area contributed by atoms with Gasteiger partial charge in [0.2, 0.25) is 5.91 Å². The summed E-state index contributed by atoms with van der Waals surface area (Å²) >= 11 is 0. The predicted molar refractivity (Wildman–Crippen MR) is 107 cm³/mol. The lowest BCUT2D eigenvalue weighted by molar-refractivity contribution is -0.122. The maximum atomic E-state index is 11.6. The molecule has 0 spiro atoms. The Kier molecular flexibility index (Phi) is 9.82. The summed E-state index contributed by atoms with van der Waals surface area (Å²) in [7, 11) is 0. The smallest absolute Gasteiger partial charge is 0.223 e. The number of rotatable bonds is 9. The monoisotopic (exact) mass is 448 g/mol. The van der Waals surface area contributed by atoms with E-state index < -0.39 is 0 Å². The Balaban J connectivity index is 0.00000288. The highest BCUT2D eigenvalue weighted by molar-refractivity contribution is 14.0. The van der Waals surface area contributed by atoms with Crippen molar-refractivity contribution >= 4 is 35.8 Å². The topological polar surface area (TPSA) is 78.7 Å². The lowest BCUT2D eigenvalue weighted by Gasteiger charge is -2.13. The zero-order chi connectivity index (χ0) is 16.5. The fourth-order valence-corrected chi connectivity index (χ4v) is 2.06. The number of halogens is 1. The number of carbonyl (C=O) groups is 1. The number of hydrogen-bond donors (Lipinski definition) is 3. The van der Waals surface area contributed by atoms with Crippen molar-refractivity contribution < 1.29 is 9.21 Å². The van der Waals surface area contributed by atoms with Crippen molar-refractivity contribution in [1.82, 2.24) is 16.0 Å². The molecule has 1 amide bonds. The molecule has 0 unspecified atom stereocenters. The third-order valence-corrected chi connectivity index (χ3v) is 3.52. The molecule has 1 saturated carbocycles. The average Bonchev–Trinajstić information content (AvgIpc) is 3.25. The molecule has 7 heteroatoms. The lowest BCUT2D eigenvalue weighted by Crippen LogP contribution is -2.42. The Morgan fingerprint density at radius 2 is 1.96 bits per heavy atom. The largest absolute Gasteiger partial charge is 0.469 e. The molecule has 6 nitrogen and oxygen atoms in total. The fourth-order valence-electron chi connectivity index (χ4n) is 2.06. The Labute approximate surface area is 161 Å². The van der Waals surface area contributed by atoms with Gasteiger partial charge in [0.1, 0.15) is 5.76 Å². The highest BCUT2D eigenvalue weighted by Crippen LogP contribution is 2.28. The van der Waals surface area contributed by atoms with Gasteiger partial charge in [-0.3, -0.25) is 9.79 Å². The third kappa shape index (κ3) is 8.56. The Morgan fingerprint density at radius 1 is 1.25 bits per heavy atom. The third-order valence-electron chi connectivity index (χ3n) is 3.52. The second-order valence-corrected chi connectivity index (χ2v) is 6.33. The van der Waals surface area contributed by atoms with Crippen LogP contribution in [0.25, 0.3) is 0 Å². The summed E-state index contributed by atoms with van der Waals surface area (Å²) < 4.78 is 5.32. The molecule has 1 aromatic heterocycles. The minimum atomic E-state index is 0. The molecule has 1 fully saturated rings. The molecule has 24 heavy (non-hydrogen) atoms. The highest BCUT2D eigenvalue weighted by Gasteiger charge is 2.28. The molecule has 1 aliphatic carbocycles. The van der Waals surface area contributed by atoms with E-state index in [0.29, 0.717) is 19.0 Å². The summed E-state index contributed by atoms with van der Waals surface area (Å²) in [5.41, 5.74) is 0. The van der Waals surface area contributed by atoms with Crippen LogP contribution >= 0.6 is 24.0 Å². The molecular weight excluding hydrogens is 419 g/mol. The zero-order valence-corrected chi connectivity index (χ0v) is 16.8. The van der Waals surface area contributed by atoms with Gasteiger partial charge in [0.25, 0.3) is 0 Å². The van der Waals surface area contributed by atoms with Crippen molar-refractivity contribution in [3.8, 4) is 0 Å². The van der Waals surface area contributed by atoms with Crippen LogP contribution in [0.3, 0.4) is 0 Å². The van der Waals surface area contributed by atoms with Crippen LogP contribution < -0.4 is 16.0 Å². The van der Waals surface area contributed by atoms with E-state index in [-0.39, 0.29) is 35.8 Å². The van der Waals surface area contributed by atoms with E-state index >= 15 is 0 Å². The molecule has 0 aromatic carbocycles.